The smallest absolute Gasteiger partial charge is 0.0615 e. The van der Waals surface area contributed by atoms with Crippen LogP contribution in [0.2, 0.25) is 0 Å². The fourth-order valence-electron chi connectivity index (χ4n) is 1.67. The molecule has 3 nitrogen and oxygen atoms in total. The van der Waals surface area contributed by atoms with Crippen molar-refractivity contribution in [3.8, 4) is 0 Å². The molecule has 92 valence electrons. The van der Waals surface area contributed by atoms with E-state index in [0.29, 0.717) is 17.8 Å². The highest BCUT2D eigenvalue weighted by molar-refractivity contribution is 7.84. The highest BCUT2D eigenvalue weighted by Gasteiger charge is 2.12. The number of rotatable bonds is 9. The van der Waals surface area contributed by atoms with E-state index in [1.807, 2.05) is 0 Å². The van der Waals surface area contributed by atoms with Crippen molar-refractivity contribution in [2.24, 2.45) is 0 Å². The summed E-state index contributed by atoms with van der Waals surface area (Å²) in [5.41, 5.74) is 0. The standard InChI is InChI=1S/C11H25NO2S/c1-5-6-7-11(8-14-3)12-10(2)9-15(4)13/h10-12H,5-9H2,1-4H3. The van der Waals surface area contributed by atoms with Gasteiger partial charge in [-0.05, 0) is 13.3 Å². The SMILES string of the molecule is CCCCC(COC)NC(C)CS(C)=O. The predicted octanol–water partition coefficient (Wildman–Crippen LogP) is 1.55. The van der Waals surface area contributed by atoms with Crippen LogP contribution in [-0.2, 0) is 15.5 Å². The third-order valence-electron chi connectivity index (χ3n) is 2.28. The molecule has 0 radical (unpaired) electrons. The average molecular weight is 235 g/mol. The first-order chi connectivity index (χ1) is 7.10. The van der Waals surface area contributed by atoms with Gasteiger partial charge in [0.05, 0.1) is 6.61 Å². The van der Waals surface area contributed by atoms with E-state index < -0.39 is 10.8 Å². The van der Waals surface area contributed by atoms with Gasteiger partial charge in [-0.1, -0.05) is 19.8 Å². The Balaban J connectivity index is 3.85. The number of hydrogen-bond acceptors (Lipinski definition) is 3. The van der Waals surface area contributed by atoms with Crippen molar-refractivity contribution >= 4 is 10.8 Å². The summed E-state index contributed by atoms with van der Waals surface area (Å²) in [6.07, 6.45) is 5.29. The van der Waals surface area contributed by atoms with Crippen molar-refractivity contribution in [1.82, 2.24) is 5.32 Å². The van der Waals surface area contributed by atoms with E-state index in [2.05, 4.69) is 19.2 Å². The molecule has 0 heterocycles. The minimum absolute atomic E-state index is 0.299. The molecule has 0 bridgehead atoms. The van der Waals surface area contributed by atoms with E-state index in [-0.39, 0.29) is 0 Å². The van der Waals surface area contributed by atoms with E-state index in [9.17, 15) is 4.21 Å². The Kier molecular flexibility index (Phi) is 9.35. The first-order valence-electron chi connectivity index (χ1n) is 5.65. The van der Waals surface area contributed by atoms with Gasteiger partial charge in [0.1, 0.15) is 0 Å². The summed E-state index contributed by atoms with van der Waals surface area (Å²) >= 11 is 0. The van der Waals surface area contributed by atoms with Gasteiger partial charge in [0.2, 0.25) is 0 Å². The molecule has 0 aliphatic carbocycles. The van der Waals surface area contributed by atoms with Gasteiger partial charge in [0, 0.05) is 42.0 Å². The molecule has 0 aliphatic rings. The van der Waals surface area contributed by atoms with Crippen molar-refractivity contribution in [3.05, 3.63) is 0 Å². The first-order valence-corrected chi connectivity index (χ1v) is 7.37. The van der Waals surface area contributed by atoms with Crippen molar-refractivity contribution in [1.29, 1.82) is 0 Å². The molecule has 0 amide bonds. The third-order valence-corrected chi connectivity index (χ3v) is 3.25. The molecule has 4 heteroatoms. The lowest BCUT2D eigenvalue weighted by Crippen LogP contribution is -2.42. The molecule has 1 N–H and O–H groups in total. The summed E-state index contributed by atoms with van der Waals surface area (Å²) in [6, 6.07) is 0.696. The molecular formula is C11H25NO2S. The normalized spacial score (nSPS) is 17.3. The van der Waals surface area contributed by atoms with Crippen LogP contribution < -0.4 is 5.32 Å². The third kappa shape index (κ3) is 9.03. The molecule has 0 aliphatic heterocycles. The molecule has 0 saturated carbocycles. The van der Waals surface area contributed by atoms with Crippen LogP contribution in [0, 0.1) is 0 Å². The Morgan fingerprint density at radius 3 is 2.60 bits per heavy atom. The van der Waals surface area contributed by atoms with Crippen LogP contribution >= 0.6 is 0 Å². The van der Waals surface area contributed by atoms with Crippen molar-refractivity contribution in [2.45, 2.75) is 45.2 Å². The molecule has 0 saturated heterocycles. The molecular weight excluding hydrogens is 210 g/mol. The zero-order chi connectivity index (χ0) is 11.7. The summed E-state index contributed by atoms with van der Waals surface area (Å²) in [4.78, 5) is 0. The molecule has 0 fully saturated rings. The molecule has 15 heavy (non-hydrogen) atoms. The predicted molar refractivity (Wildman–Crippen MR) is 66.7 cm³/mol. The van der Waals surface area contributed by atoms with Gasteiger partial charge in [-0.2, -0.15) is 0 Å². The molecule has 0 aromatic carbocycles. The van der Waals surface area contributed by atoms with Gasteiger partial charge in [-0.15, -0.1) is 0 Å². The Morgan fingerprint density at radius 1 is 1.47 bits per heavy atom. The van der Waals surface area contributed by atoms with E-state index in [1.54, 1.807) is 13.4 Å². The van der Waals surface area contributed by atoms with E-state index >= 15 is 0 Å². The number of hydrogen-bond donors (Lipinski definition) is 1. The van der Waals surface area contributed by atoms with Crippen LogP contribution in [0.1, 0.15) is 33.1 Å². The van der Waals surface area contributed by atoms with Gasteiger partial charge in [-0.25, -0.2) is 0 Å². The number of methoxy groups -OCH3 is 1. The van der Waals surface area contributed by atoms with Gasteiger partial charge in [0.15, 0.2) is 0 Å². The zero-order valence-corrected chi connectivity index (χ0v) is 11.2. The molecule has 3 unspecified atom stereocenters. The number of unbranched alkanes of at least 4 members (excludes halogenated alkanes) is 1. The van der Waals surface area contributed by atoms with Gasteiger partial charge < -0.3 is 10.1 Å². The lowest BCUT2D eigenvalue weighted by Gasteiger charge is -2.22. The number of ether oxygens (including phenoxy) is 1. The molecule has 0 aromatic heterocycles. The van der Waals surface area contributed by atoms with Gasteiger partial charge >= 0.3 is 0 Å². The molecule has 3 atom stereocenters. The van der Waals surface area contributed by atoms with Gasteiger partial charge in [-0.3, -0.25) is 4.21 Å². The van der Waals surface area contributed by atoms with Crippen molar-refractivity contribution in [2.75, 3.05) is 25.7 Å². The van der Waals surface area contributed by atoms with Gasteiger partial charge in [0.25, 0.3) is 0 Å². The second-order valence-electron chi connectivity index (χ2n) is 4.10. The van der Waals surface area contributed by atoms with E-state index in [4.69, 9.17) is 4.74 Å². The highest BCUT2D eigenvalue weighted by Crippen LogP contribution is 2.02. The maximum absolute atomic E-state index is 11.0. The lowest BCUT2D eigenvalue weighted by atomic mass is 10.1. The Morgan fingerprint density at radius 2 is 2.13 bits per heavy atom. The minimum atomic E-state index is -0.725. The monoisotopic (exact) mass is 235 g/mol. The van der Waals surface area contributed by atoms with Crippen LogP contribution in [0.25, 0.3) is 0 Å². The summed E-state index contributed by atoms with van der Waals surface area (Å²) in [6.45, 7) is 5.01. The minimum Gasteiger partial charge on any atom is -0.383 e. The fraction of sp³-hybridized carbons (Fsp3) is 1.00. The largest absolute Gasteiger partial charge is 0.383 e. The van der Waals surface area contributed by atoms with E-state index in [1.165, 1.54) is 12.8 Å². The molecule has 0 rings (SSSR count). The van der Waals surface area contributed by atoms with Crippen LogP contribution in [-0.4, -0.2) is 42.0 Å². The maximum atomic E-state index is 11.0. The highest BCUT2D eigenvalue weighted by atomic mass is 32.2. The Bertz CT molecular complexity index is 176. The van der Waals surface area contributed by atoms with Crippen LogP contribution in [0.3, 0.4) is 0 Å². The van der Waals surface area contributed by atoms with Crippen LogP contribution in [0.15, 0.2) is 0 Å². The number of nitrogens with one attached hydrogen (secondary N) is 1. The molecule has 0 aromatic rings. The van der Waals surface area contributed by atoms with E-state index in [0.717, 1.165) is 13.0 Å². The Hall–Kier alpha value is 0.0700. The average Bonchev–Trinajstić information content (AvgIpc) is 2.13. The van der Waals surface area contributed by atoms with Crippen molar-refractivity contribution < 1.29 is 8.95 Å². The summed E-state index contributed by atoms with van der Waals surface area (Å²) in [5.74, 6) is 0.715. The Labute approximate surface area is 96.4 Å². The first kappa shape index (κ1) is 15.1. The van der Waals surface area contributed by atoms with Crippen molar-refractivity contribution in [3.63, 3.8) is 0 Å². The zero-order valence-electron chi connectivity index (χ0n) is 10.4. The topological polar surface area (TPSA) is 38.3 Å². The summed E-state index contributed by atoms with van der Waals surface area (Å²) in [7, 11) is 1.00. The fourth-order valence-corrected chi connectivity index (χ4v) is 2.47. The maximum Gasteiger partial charge on any atom is 0.0615 e. The summed E-state index contributed by atoms with van der Waals surface area (Å²) in [5, 5.41) is 3.47. The second kappa shape index (κ2) is 9.31. The van der Waals surface area contributed by atoms with Crippen LogP contribution in [0.5, 0.6) is 0 Å². The molecule has 0 spiro atoms. The van der Waals surface area contributed by atoms with Crippen LogP contribution in [0.4, 0.5) is 0 Å². The quantitative estimate of drug-likeness (QED) is 0.659. The summed E-state index contributed by atoms with van der Waals surface area (Å²) < 4.78 is 16.2. The second-order valence-corrected chi connectivity index (χ2v) is 5.58. The lowest BCUT2D eigenvalue weighted by molar-refractivity contribution is 0.157.